The molecule has 174 valence electrons. The number of nitrogens with one attached hydrogen (secondary N) is 1. The number of hydrogen-bond donors (Lipinski definition) is 3. The molecule has 0 atom stereocenters. The Bertz CT molecular complexity index is 854. The third-order valence-electron chi connectivity index (χ3n) is 3.65. The number of hydrogen-bond acceptors (Lipinski definition) is 9. The summed E-state index contributed by atoms with van der Waals surface area (Å²) in [5.41, 5.74) is 9.52. The van der Waals surface area contributed by atoms with E-state index in [4.69, 9.17) is 25.6 Å². The minimum Gasteiger partial charge on any atom is -0.450 e. The molecule has 0 fully saturated rings. The molecule has 0 aromatic heterocycles. The second-order valence-electron chi connectivity index (χ2n) is 6.24. The first-order valence-electron chi connectivity index (χ1n) is 9.47. The van der Waals surface area contributed by atoms with Gasteiger partial charge in [-0.1, -0.05) is 47.8 Å². The lowest BCUT2D eigenvalue weighted by atomic mass is 10.0. The maximum atomic E-state index is 10.5. The van der Waals surface area contributed by atoms with Gasteiger partial charge in [-0.3, -0.25) is 4.79 Å². The number of nitriles is 1. The van der Waals surface area contributed by atoms with Crippen molar-refractivity contribution in [3.63, 3.8) is 0 Å². The molecule has 0 spiro atoms. The van der Waals surface area contributed by atoms with Crippen LogP contribution >= 0.6 is 11.9 Å². The van der Waals surface area contributed by atoms with Crippen molar-refractivity contribution in [2.24, 2.45) is 5.73 Å². The number of ether oxygens (including phenoxy) is 2. The number of anilines is 1. The summed E-state index contributed by atoms with van der Waals surface area (Å²) >= 11 is 1.48. The Balaban J connectivity index is 0.000000613. The number of carbonyl (C=O) groups is 2. The van der Waals surface area contributed by atoms with Gasteiger partial charge in [0.15, 0.2) is 5.75 Å². The van der Waals surface area contributed by atoms with Crippen LogP contribution in [-0.2, 0) is 9.53 Å². The molecule has 2 rings (SSSR count). The first kappa shape index (κ1) is 28.7. The third kappa shape index (κ3) is 12.4. The molecular weight excluding hydrogens is 432 g/mol. The smallest absolute Gasteiger partial charge is 0.450 e. The fourth-order valence-electron chi connectivity index (χ4n) is 2.16. The third-order valence-corrected chi connectivity index (χ3v) is 4.44. The van der Waals surface area contributed by atoms with E-state index in [-0.39, 0.29) is 0 Å². The molecule has 4 N–H and O–H groups in total. The SMILES string of the molecule is COC(=O)O.Cc1ccc(-c2ccc(OC=O)c(N(C)C)c2)cc1.N#CCNSCCN. The average molecular weight is 463 g/mol. The highest BCUT2D eigenvalue weighted by molar-refractivity contribution is 7.97. The van der Waals surface area contributed by atoms with Crippen LogP contribution in [-0.4, -0.2) is 57.8 Å². The quantitative estimate of drug-likeness (QED) is 0.176. The van der Waals surface area contributed by atoms with Gasteiger partial charge in [-0.2, -0.15) is 5.26 Å². The first-order chi connectivity index (χ1) is 15.3. The van der Waals surface area contributed by atoms with E-state index in [1.165, 1.54) is 17.5 Å². The Kier molecular flexibility index (Phi) is 15.6. The van der Waals surface area contributed by atoms with Crippen LogP contribution in [0, 0.1) is 18.3 Å². The van der Waals surface area contributed by atoms with Gasteiger partial charge in [0.05, 0.1) is 25.4 Å². The van der Waals surface area contributed by atoms with Crippen LogP contribution < -0.4 is 20.1 Å². The number of aryl methyl sites for hydroxylation is 1. The largest absolute Gasteiger partial charge is 0.505 e. The fraction of sp³-hybridized carbons (Fsp3) is 0.318. The molecule has 0 aliphatic rings. The standard InChI is InChI=1S/C16H17NO2.C4H9N3S.C2H4O3/c1-12-4-6-13(7-5-12)14-8-9-16(19-11-18)15(10-14)17(2)3;5-1-3-7-8-4-2-6;1-5-2(3)4/h4-11H,1-3H3;7H,2-4,6H2;1H3,(H,3,4). The van der Waals surface area contributed by atoms with Gasteiger partial charge >= 0.3 is 6.16 Å². The number of carbonyl (C=O) groups excluding carboxylic acids is 1. The highest BCUT2D eigenvalue weighted by Crippen LogP contribution is 2.32. The number of carboxylic acid groups (broad SMARTS) is 1. The predicted octanol–water partition coefficient (Wildman–Crippen LogP) is 3.28. The molecule has 0 saturated carbocycles. The summed E-state index contributed by atoms with van der Waals surface area (Å²) in [7, 11) is 4.94. The van der Waals surface area contributed by atoms with Crippen LogP contribution in [0.5, 0.6) is 5.75 Å². The zero-order chi connectivity index (χ0) is 24.4. The topological polar surface area (TPSA) is 138 Å². The van der Waals surface area contributed by atoms with Gasteiger partial charge in [-0.05, 0) is 30.2 Å². The zero-order valence-corrected chi connectivity index (χ0v) is 19.5. The molecule has 0 heterocycles. The number of methoxy groups -OCH3 is 1. The number of benzene rings is 2. The van der Waals surface area contributed by atoms with Gasteiger partial charge in [-0.25, -0.2) is 9.52 Å². The predicted molar refractivity (Wildman–Crippen MR) is 128 cm³/mol. The van der Waals surface area contributed by atoms with E-state index in [1.807, 2.05) is 43.3 Å². The molecule has 10 heteroatoms. The lowest BCUT2D eigenvalue weighted by Crippen LogP contribution is -2.10. The van der Waals surface area contributed by atoms with Crippen molar-refractivity contribution < 1.29 is 24.2 Å². The first-order valence-corrected chi connectivity index (χ1v) is 10.5. The monoisotopic (exact) mass is 462 g/mol. The Morgan fingerprint density at radius 1 is 1.25 bits per heavy atom. The van der Waals surface area contributed by atoms with E-state index in [0.717, 1.165) is 29.7 Å². The summed E-state index contributed by atoms with van der Waals surface area (Å²) in [5.74, 6) is 1.43. The van der Waals surface area contributed by atoms with Gasteiger partial charge in [0, 0.05) is 26.4 Å². The maximum absolute atomic E-state index is 10.5. The molecule has 9 nitrogen and oxygen atoms in total. The lowest BCUT2D eigenvalue weighted by Gasteiger charge is -2.17. The average Bonchev–Trinajstić information content (AvgIpc) is 2.78. The van der Waals surface area contributed by atoms with Crippen LogP contribution in [0.25, 0.3) is 11.1 Å². The molecule has 0 aliphatic carbocycles. The number of rotatable bonds is 8. The molecule has 0 unspecified atom stereocenters. The van der Waals surface area contributed by atoms with Gasteiger partial charge < -0.3 is 25.2 Å². The Hall–Kier alpha value is -3.26. The highest BCUT2D eigenvalue weighted by atomic mass is 32.2. The molecule has 2 aromatic carbocycles. The summed E-state index contributed by atoms with van der Waals surface area (Å²) in [6, 6.07) is 16.1. The number of nitrogens with two attached hydrogens (primary N) is 1. The van der Waals surface area contributed by atoms with Crippen molar-refractivity contribution in [2.75, 3.05) is 44.9 Å². The lowest BCUT2D eigenvalue weighted by molar-refractivity contribution is -0.120. The molecule has 0 saturated heterocycles. The van der Waals surface area contributed by atoms with Crippen molar-refractivity contribution in [2.45, 2.75) is 6.92 Å². The van der Waals surface area contributed by atoms with E-state index in [1.54, 1.807) is 0 Å². The van der Waals surface area contributed by atoms with E-state index in [0.29, 0.717) is 25.3 Å². The van der Waals surface area contributed by atoms with E-state index < -0.39 is 6.16 Å². The minimum absolute atomic E-state index is 0.394. The highest BCUT2D eigenvalue weighted by Gasteiger charge is 2.08. The fourth-order valence-corrected chi connectivity index (χ4v) is 2.59. The summed E-state index contributed by atoms with van der Waals surface area (Å²) in [5, 5.41) is 15.5. The van der Waals surface area contributed by atoms with E-state index >= 15 is 0 Å². The minimum atomic E-state index is -1.25. The molecule has 0 bridgehead atoms. The molecule has 0 aliphatic heterocycles. The van der Waals surface area contributed by atoms with Gasteiger partial charge in [0.1, 0.15) is 0 Å². The number of nitrogens with zero attached hydrogens (tertiary/aromatic N) is 2. The summed E-state index contributed by atoms with van der Waals surface area (Å²) in [6.07, 6.45) is -1.25. The zero-order valence-electron chi connectivity index (χ0n) is 18.7. The van der Waals surface area contributed by atoms with Crippen LogP contribution in [0.4, 0.5) is 10.5 Å². The van der Waals surface area contributed by atoms with E-state index in [2.05, 4.69) is 40.6 Å². The van der Waals surface area contributed by atoms with Gasteiger partial charge in [0.2, 0.25) is 0 Å². The Labute approximate surface area is 193 Å². The van der Waals surface area contributed by atoms with Crippen molar-refractivity contribution in [3.8, 4) is 22.9 Å². The van der Waals surface area contributed by atoms with Crippen LogP contribution in [0.3, 0.4) is 0 Å². The molecule has 0 amide bonds. The second-order valence-corrected chi connectivity index (χ2v) is 7.23. The molecular formula is C22H30N4O5S. The van der Waals surface area contributed by atoms with Crippen LogP contribution in [0.15, 0.2) is 42.5 Å². The normalized spacial score (nSPS) is 9.12. The Morgan fingerprint density at radius 2 is 1.84 bits per heavy atom. The molecule has 2 aromatic rings. The van der Waals surface area contributed by atoms with Crippen molar-refractivity contribution in [1.29, 1.82) is 5.26 Å². The molecule has 0 radical (unpaired) electrons. The van der Waals surface area contributed by atoms with Crippen LogP contribution in [0.2, 0.25) is 0 Å². The summed E-state index contributed by atoms with van der Waals surface area (Å²) in [4.78, 5) is 21.6. The van der Waals surface area contributed by atoms with Crippen LogP contribution in [0.1, 0.15) is 5.56 Å². The Morgan fingerprint density at radius 3 is 2.31 bits per heavy atom. The summed E-state index contributed by atoms with van der Waals surface area (Å²) < 4.78 is 11.5. The second kappa shape index (κ2) is 17.4. The molecule has 32 heavy (non-hydrogen) atoms. The van der Waals surface area contributed by atoms with Crippen molar-refractivity contribution in [3.05, 3.63) is 48.0 Å². The van der Waals surface area contributed by atoms with Gasteiger partial charge in [-0.15, -0.1) is 0 Å². The maximum Gasteiger partial charge on any atom is 0.505 e. The van der Waals surface area contributed by atoms with Crippen molar-refractivity contribution >= 4 is 30.3 Å². The van der Waals surface area contributed by atoms with Crippen molar-refractivity contribution in [1.82, 2.24) is 4.72 Å². The van der Waals surface area contributed by atoms with Gasteiger partial charge in [0.25, 0.3) is 6.47 Å². The summed E-state index contributed by atoms with van der Waals surface area (Å²) in [6.45, 7) is 3.57. The van der Waals surface area contributed by atoms with E-state index in [9.17, 15) is 4.79 Å².